The number of hydrogen-bond donors (Lipinski definition) is 0. The molecule has 1 saturated carbocycles. The lowest BCUT2D eigenvalue weighted by atomic mass is 10.1. The smallest absolute Gasteiger partial charge is 0.311 e. The number of carbonyl (C=O) groups is 1. The third-order valence-corrected chi connectivity index (χ3v) is 5.72. The lowest BCUT2D eigenvalue weighted by molar-refractivity contribution is -0.149. The molecule has 6 heteroatoms. The van der Waals surface area contributed by atoms with Gasteiger partial charge in [-0.05, 0) is 73.5 Å². The van der Waals surface area contributed by atoms with Crippen molar-refractivity contribution in [2.45, 2.75) is 20.0 Å². The summed E-state index contributed by atoms with van der Waals surface area (Å²) in [6.45, 7) is 4.05. The molecule has 0 N–H and O–H groups in total. The molecule has 0 radical (unpaired) electrons. The molecular formula is C24H21Br2NO3. The lowest BCUT2D eigenvalue weighted by Crippen LogP contribution is -2.14. The van der Waals surface area contributed by atoms with E-state index in [9.17, 15) is 10.1 Å². The molecule has 0 heterocycles. The van der Waals surface area contributed by atoms with Crippen LogP contribution in [0.5, 0.6) is 11.5 Å². The normalized spacial score (nSPS) is 20.1. The summed E-state index contributed by atoms with van der Waals surface area (Å²) in [6.07, 6.45) is 4.75. The summed E-state index contributed by atoms with van der Waals surface area (Å²) >= 11 is 6.60. The van der Waals surface area contributed by atoms with Crippen LogP contribution in [0.1, 0.15) is 25.5 Å². The molecule has 0 spiro atoms. The maximum atomic E-state index is 12.8. The number of nitriles is 1. The Morgan fingerprint density at radius 3 is 2.50 bits per heavy atom. The molecule has 0 aromatic heterocycles. The second-order valence-corrected chi connectivity index (χ2v) is 10.4. The molecule has 30 heavy (non-hydrogen) atoms. The van der Waals surface area contributed by atoms with Crippen LogP contribution in [0.4, 0.5) is 0 Å². The van der Waals surface area contributed by atoms with Gasteiger partial charge >= 0.3 is 5.97 Å². The SMILES string of the molecule is CC1(C)[C@H](C=CC=C(Br)Br)[C@H]1C(=O)O[C@H](C#N)c1cccc(Oc2ccccc2)c1. The van der Waals surface area contributed by atoms with Crippen molar-refractivity contribution >= 4 is 37.8 Å². The Balaban J connectivity index is 1.69. The summed E-state index contributed by atoms with van der Waals surface area (Å²) in [6, 6.07) is 18.5. The number of allylic oxidation sites excluding steroid dienone is 3. The van der Waals surface area contributed by atoms with Gasteiger partial charge < -0.3 is 9.47 Å². The van der Waals surface area contributed by atoms with E-state index in [0.717, 1.165) is 3.39 Å². The number of para-hydroxylation sites is 1. The van der Waals surface area contributed by atoms with Gasteiger partial charge in [-0.25, -0.2) is 0 Å². The molecular weight excluding hydrogens is 510 g/mol. The van der Waals surface area contributed by atoms with E-state index in [1.54, 1.807) is 24.3 Å². The number of ether oxygens (including phenoxy) is 2. The highest BCUT2D eigenvalue weighted by Gasteiger charge is 2.61. The van der Waals surface area contributed by atoms with Crippen LogP contribution < -0.4 is 4.74 Å². The van der Waals surface area contributed by atoms with Crippen molar-refractivity contribution in [2.75, 3.05) is 0 Å². The van der Waals surface area contributed by atoms with Crippen molar-refractivity contribution in [2.24, 2.45) is 17.3 Å². The van der Waals surface area contributed by atoms with Gasteiger partial charge in [-0.15, -0.1) is 0 Å². The standard InChI is InChI=1S/C24H21Br2NO3/c1-24(2)19(12-7-13-21(25)26)22(24)23(28)30-20(15-27)16-8-6-11-18(14-16)29-17-9-4-3-5-10-17/h3-14,19-20,22H,1-2H3/t19-,20-,22+/m1/s1. The van der Waals surface area contributed by atoms with Gasteiger partial charge in [-0.1, -0.05) is 56.3 Å². The van der Waals surface area contributed by atoms with E-state index in [-0.39, 0.29) is 23.2 Å². The van der Waals surface area contributed by atoms with Gasteiger partial charge in [0.15, 0.2) is 0 Å². The van der Waals surface area contributed by atoms with Crippen LogP contribution in [0.2, 0.25) is 0 Å². The van der Waals surface area contributed by atoms with E-state index in [1.807, 2.05) is 62.4 Å². The van der Waals surface area contributed by atoms with Crippen LogP contribution in [-0.2, 0) is 9.53 Å². The molecule has 154 valence electrons. The highest BCUT2D eigenvalue weighted by atomic mass is 79.9. The predicted molar refractivity (Wildman–Crippen MR) is 123 cm³/mol. The predicted octanol–water partition coefficient (Wildman–Crippen LogP) is 7.05. The average molecular weight is 531 g/mol. The summed E-state index contributed by atoms with van der Waals surface area (Å²) in [5.74, 6) is 0.689. The zero-order chi connectivity index (χ0) is 21.7. The largest absolute Gasteiger partial charge is 0.457 e. The zero-order valence-corrected chi connectivity index (χ0v) is 19.8. The number of esters is 1. The Morgan fingerprint density at radius 1 is 1.13 bits per heavy atom. The molecule has 3 rings (SSSR count). The van der Waals surface area contributed by atoms with Crippen LogP contribution in [0.3, 0.4) is 0 Å². The maximum Gasteiger partial charge on any atom is 0.311 e. The molecule has 1 aliphatic rings. The summed E-state index contributed by atoms with van der Waals surface area (Å²) in [4.78, 5) is 12.8. The quantitative estimate of drug-likeness (QED) is 0.284. The van der Waals surface area contributed by atoms with Gasteiger partial charge in [-0.2, -0.15) is 5.26 Å². The fraction of sp³-hybridized carbons (Fsp3) is 0.250. The van der Waals surface area contributed by atoms with Crippen LogP contribution in [0, 0.1) is 28.6 Å². The first-order valence-electron chi connectivity index (χ1n) is 9.45. The maximum absolute atomic E-state index is 12.8. The van der Waals surface area contributed by atoms with Gasteiger partial charge in [-0.3, -0.25) is 4.79 Å². The van der Waals surface area contributed by atoms with Crippen LogP contribution in [0.15, 0.2) is 76.2 Å². The van der Waals surface area contributed by atoms with Gasteiger partial charge in [0.1, 0.15) is 17.6 Å². The topological polar surface area (TPSA) is 59.3 Å². The van der Waals surface area contributed by atoms with Crippen molar-refractivity contribution in [3.05, 3.63) is 81.8 Å². The molecule has 0 aliphatic heterocycles. The van der Waals surface area contributed by atoms with Crippen molar-refractivity contribution in [1.82, 2.24) is 0 Å². The first kappa shape index (κ1) is 22.3. The molecule has 3 atom stereocenters. The van der Waals surface area contributed by atoms with Crippen LogP contribution in [0.25, 0.3) is 0 Å². The number of hydrogen-bond acceptors (Lipinski definition) is 4. The van der Waals surface area contributed by atoms with Gasteiger partial charge in [0.2, 0.25) is 6.10 Å². The van der Waals surface area contributed by atoms with Crippen molar-refractivity contribution in [3.8, 4) is 17.6 Å². The fourth-order valence-electron chi connectivity index (χ4n) is 3.46. The fourth-order valence-corrected chi connectivity index (χ4v) is 3.76. The summed E-state index contributed by atoms with van der Waals surface area (Å²) < 4.78 is 12.2. The second kappa shape index (κ2) is 9.63. The Kier molecular flexibility index (Phi) is 7.17. The molecule has 1 fully saturated rings. The third-order valence-electron chi connectivity index (χ3n) is 5.20. The minimum Gasteiger partial charge on any atom is -0.457 e. The Morgan fingerprint density at radius 2 is 1.83 bits per heavy atom. The zero-order valence-electron chi connectivity index (χ0n) is 16.6. The Bertz CT molecular complexity index is 1000. The first-order valence-corrected chi connectivity index (χ1v) is 11.0. The Labute approximate surface area is 193 Å². The van der Waals surface area contributed by atoms with E-state index in [2.05, 4.69) is 37.9 Å². The molecule has 0 unspecified atom stereocenters. The highest BCUT2D eigenvalue weighted by Crippen LogP contribution is 2.59. The summed E-state index contributed by atoms with van der Waals surface area (Å²) in [7, 11) is 0. The highest BCUT2D eigenvalue weighted by molar-refractivity contribution is 9.28. The summed E-state index contributed by atoms with van der Waals surface area (Å²) in [5.41, 5.74) is 0.370. The van der Waals surface area contributed by atoms with E-state index >= 15 is 0 Å². The second-order valence-electron chi connectivity index (χ2n) is 7.60. The number of halogens is 2. The van der Waals surface area contributed by atoms with Crippen LogP contribution in [-0.4, -0.2) is 5.97 Å². The van der Waals surface area contributed by atoms with E-state index in [4.69, 9.17) is 9.47 Å². The van der Waals surface area contributed by atoms with Crippen molar-refractivity contribution in [1.29, 1.82) is 5.26 Å². The lowest BCUT2D eigenvalue weighted by Gasteiger charge is -2.13. The molecule has 2 aromatic rings. The monoisotopic (exact) mass is 529 g/mol. The molecule has 2 aromatic carbocycles. The van der Waals surface area contributed by atoms with E-state index in [1.165, 1.54) is 0 Å². The number of benzene rings is 2. The Hall–Kier alpha value is -2.36. The summed E-state index contributed by atoms with van der Waals surface area (Å²) in [5, 5.41) is 9.61. The molecule has 4 nitrogen and oxygen atoms in total. The van der Waals surface area contributed by atoms with Gasteiger partial charge in [0.05, 0.1) is 9.31 Å². The van der Waals surface area contributed by atoms with E-state index < -0.39 is 6.10 Å². The van der Waals surface area contributed by atoms with Gasteiger partial charge in [0, 0.05) is 5.56 Å². The number of nitrogens with zero attached hydrogens (tertiary/aromatic N) is 1. The molecule has 0 saturated heterocycles. The van der Waals surface area contributed by atoms with Gasteiger partial charge in [0.25, 0.3) is 0 Å². The minimum atomic E-state index is -0.991. The van der Waals surface area contributed by atoms with Crippen molar-refractivity contribution in [3.63, 3.8) is 0 Å². The molecule has 0 bridgehead atoms. The van der Waals surface area contributed by atoms with Crippen molar-refractivity contribution < 1.29 is 14.3 Å². The average Bonchev–Trinajstić information content (AvgIpc) is 3.27. The van der Waals surface area contributed by atoms with E-state index in [0.29, 0.717) is 17.1 Å². The molecule has 1 aliphatic carbocycles. The first-order chi connectivity index (χ1) is 14.3. The molecule has 0 amide bonds. The van der Waals surface area contributed by atoms with Crippen LogP contribution >= 0.6 is 31.9 Å². The number of rotatable bonds is 7. The minimum absolute atomic E-state index is 0.0627. The third kappa shape index (κ3) is 5.41. The number of carbonyl (C=O) groups excluding carboxylic acids is 1.